The maximum atomic E-state index is 9.33. The predicted octanol–water partition coefficient (Wildman–Crippen LogP) is 1.77. The predicted molar refractivity (Wildman–Crippen MR) is 53.2 cm³/mol. The van der Waals surface area contributed by atoms with Crippen LogP contribution >= 0.6 is 0 Å². The number of hydrogen-bond acceptors (Lipinski definition) is 3. The molecule has 0 fully saturated rings. The summed E-state index contributed by atoms with van der Waals surface area (Å²) >= 11 is 0. The smallest absolute Gasteiger partial charge is 0.213 e. The first-order valence-electron chi connectivity index (χ1n) is 4.19. The van der Waals surface area contributed by atoms with Gasteiger partial charge in [0, 0.05) is 12.1 Å². The van der Waals surface area contributed by atoms with Crippen LogP contribution in [0.15, 0.2) is 42.5 Å². The number of rotatable bonds is 2. The Morgan fingerprint density at radius 1 is 0.857 bits per heavy atom. The first-order chi connectivity index (χ1) is 6.77. The van der Waals surface area contributed by atoms with Crippen molar-refractivity contribution < 1.29 is 10.2 Å². The Morgan fingerprint density at radius 2 is 1.43 bits per heavy atom. The van der Waals surface area contributed by atoms with E-state index in [0.29, 0.717) is 0 Å². The fourth-order valence-corrected chi connectivity index (χ4v) is 1.17. The lowest BCUT2D eigenvalue weighted by Crippen LogP contribution is -2.06. The summed E-state index contributed by atoms with van der Waals surface area (Å²) in [5, 5.41) is 18.7. The van der Waals surface area contributed by atoms with Crippen molar-refractivity contribution in [3.8, 4) is 11.8 Å². The molecule has 0 atom stereocenters. The maximum absolute atomic E-state index is 9.33. The van der Waals surface area contributed by atoms with Gasteiger partial charge in [-0.2, -0.15) is 4.68 Å². The van der Waals surface area contributed by atoms with Gasteiger partial charge in [0.15, 0.2) is 0 Å². The zero-order valence-electron chi connectivity index (χ0n) is 7.38. The summed E-state index contributed by atoms with van der Waals surface area (Å²) in [7, 11) is 0. The summed E-state index contributed by atoms with van der Waals surface area (Å²) in [5.41, 5.74) is 3.62. The van der Waals surface area contributed by atoms with Crippen molar-refractivity contribution >= 4 is 5.69 Å². The first kappa shape index (κ1) is 8.50. The van der Waals surface area contributed by atoms with Crippen LogP contribution in [0, 0.1) is 0 Å². The van der Waals surface area contributed by atoms with Gasteiger partial charge in [0.05, 0.1) is 5.69 Å². The molecule has 0 unspecified atom stereocenters. The zero-order chi connectivity index (χ0) is 9.97. The lowest BCUT2D eigenvalue weighted by atomic mass is 10.3. The molecule has 0 aliphatic heterocycles. The topological polar surface area (TPSA) is 57.4 Å². The van der Waals surface area contributed by atoms with Crippen LogP contribution in [-0.4, -0.2) is 14.9 Å². The van der Waals surface area contributed by atoms with E-state index in [9.17, 15) is 10.2 Å². The molecule has 0 amide bonds. The van der Waals surface area contributed by atoms with Gasteiger partial charge < -0.3 is 10.2 Å². The van der Waals surface area contributed by atoms with E-state index >= 15 is 0 Å². The molecule has 0 saturated carbocycles. The van der Waals surface area contributed by atoms with E-state index < -0.39 is 0 Å². The SMILES string of the molecule is Oc1ccc(O)n1Nc1ccccc1. The highest BCUT2D eigenvalue weighted by Crippen LogP contribution is 2.21. The monoisotopic (exact) mass is 190 g/mol. The molecule has 1 heterocycles. The van der Waals surface area contributed by atoms with Crippen molar-refractivity contribution in [3.05, 3.63) is 42.5 Å². The molecule has 0 spiro atoms. The third kappa shape index (κ3) is 1.50. The van der Waals surface area contributed by atoms with Crippen LogP contribution in [0.1, 0.15) is 0 Å². The van der Waals surface area contributed by atoms with E-state index in [4.69, 9.17) is 0 Å². The van der Waals surface area contributed by atoms with Crippen molar-refractivity contribution in [2.75, 3.05) is 5.43 Å². The molecule has 0 aliphatic rings. The Hall–Kier alpha value is -2.10. The Kier molecular flexibility index (Phi) is 2.02. The molecule has 0 saturated heterocycles. The molecule has 2 rings (SSSR count). The van der Waals surface area contributed by atoms with E-state index in [1.807, 2.05) is 30.3 Å². The van der Waals surface area contributed by atoms with E-state index in [2.05, 4.69) is 5.43 Å². The van der Waals surface area contributed by atoms with Crippen LogP contribution in [0.2, 0.25) is 0 Å². The fraction of sp³-hybridized carbons (Fsp3) is 0. The van der Waals surface area contributed by atoms with Gasteiger partial charge in [0.2, 0.25) is 11.8 Å². The van der Waals surface area contributed by atoms with Gasteiger partial charge in [0.25, 0.3) is 0 Å². The molecule has 4 nitrogen and oxygen atoms in total. The summed E-state index contributed by atoms with van der Waals surface area (Å²) in [5.74, 6) is -0.0716. The van der Waals surface area contributed by atoms with Crippen LogP contribution in [0.3, 0.4) is 0 Å². The molecular formula is C10H10N2O2. The molecule has 14 heavy (non-hydrogen) atoms. The molecular weight excluding hydrogens is 180 g/mol. The normalized spacial score (nSPS) is 10.0. The molecule has 1 aromatic heterocycles. The summed E-state index contributed by atoms with van der Waals surface area (Å²) in [6.07, 6.45) is 0. The number of nitrogens with zero attached hydrogens (tertiary/aromatic N) is 1. The molecule has 0 bridgehead atoms. The minimum absolute atomic E-state index is 0.0358. The van der Waals surface area contributed by atoms with E-state index in [1.165, 1.54) is 16.8 Å². The lowest BCUT2D eigenvalue weighted by molar-refractivity contribution is 0.393. The Bertz CT molecular complexity index is 403. The second-order valence-corrected chi connectivity index (χ2v) is 2.86. The Morgan fingerprint density at radius 3 is 2.00 bits per heavy atom. The average Bonchev–Trinajstić information content (AvgIpc) is 2.51. The van der Waals surface area contributed by atoms with Crippen molar-refractivity contribution in [1.29, 1.82) is 0 Å². The maximum Gasteiger partial charge on any atom is 0.213 e. The molecule has 1 aromatic carbocycles. The van der Waals surface area contributed by atoms with Gasteiger partial charge in [-0.05, 0) is 12.1 Å². The summed E-state index contributed by atoms with van der Waals surface area (Å²) in [6.45, 7) is 0. The third-order valence-corrected chi connectivity index (χ3v) is 1.85. The first-order valence-corrected chi connectivity index (χ1v) is 4.19. The van der Waals surface area contributed by atoms with Crippen LogP contribution < -0.4 is 5.43 Å². The third-order valence-electron chi connectivity index (χ3n) is 1.85. The van der Waals surface area contributed by atoms with Crippen LogP contribution in [0.25, 0.3) is 0 Å². The second kappa shape index (κ2) is 3.33. The van der Waals surface area contributed by atoms with Crippen LogP contribution in [-0.2, 0) is 0 Å². The number of benzene rings is 1. The standard InChI is InChI=1S/C10H10N2O2/c13-9-6-7-10(14)12(9)11-8-4-2-1-3-5-8/h1-7,11,13-14H. The minimum Gasteiger partial charge on any atom is -0.493 e. The molecule has 0 radical (unpaired) electrons. The van der Waals surface area contributed by atoms with Gasteiger partial charge in [-0.15, -0.1) is 0 Å². The molecule has 2 aromatic rings. The summed E-state index contributed by atoms with van der Waals surface area (Å²) in [6, 6.07) is 12.1. The zero-order valence-corrected chi connectivity index (χ0v) is 7.38. The van der Waals surface area contributed by atoms with Gasteiger partial charge in [-0.25, -0.2) is 0 Å². The Balaban J connectivity index is 2.27. The molecule has 0 aliphatic carbocycles. The van der Waals surface area contributed by atoms with Gasteiger partial charge in [0.1, 0.15) is 0 Å². The van der Waals surface area contributed by atoms with Gasteiger partial charge in [-0.1, -0.05) is 18.2 Å². The molecule has 72 valence electrons. The number of para-hydroxylation sites is 1. The number of aromatic hydroxyl groups is 2. The number of nitrogens with one attached hydrogen (secondary N) is 1. The highest BCUT2D eigenvalue weighted by molar-refractivity contribution is 5.44. The number of anilines is 1. The minimum atomic E-state index is -0.0358. The Labute approximate surface area is 81.0 Å². The highest BCUT2D eigenvalue weighted by atomic mass is 16.3. The quantitative estimate of drug-likeness (QED) is 0.676. The van der Waals surface area contributed by atoms with Gasteiger partial charge in [-0.3, -0.25) is 5.43 Å². The van der Waals surface area contributed by atoms with Crippen molar-refractivity contribution in [2.24, 2.45) is 0 Å². The second-order valence-electron chi connectivity index (χ2n) is 2.86. The summed E-state index contributed by atoms with van der Waals surface area (Å²) in [4.78, 5) is 0. The van der Waals surface area contributed by atoms with Crippen LogP contribution in [0.5, 0.6) is 11.8 Å². The average molecular weight is 190 g/mol. The van der Waals surface area contributed by atoms with Crippen LogP contribution in [0.4, 0.5) is 5.69 Å². The van der Waals surface area contributed by atoms with Crippen molar-refractivity contribution in [2.45, 2.75) is 0 Å². The van der Waals surface area contributed by atoms with Gasteiger partial charge >= 0.3 is 0 Å². The molecule has 3 N–H and O–H groups in total. The lowest BCUT2D eigenvalue weighted by Gasteiger charge is -2.09. The van der Waals surface area contributed by atoms with Crippen molar-refractivity contribution in [1.82, 2.24) is 4.68 Å². The molecule has 4 heteroatoms. The number of hydrogen-bond donors (Lipinski definition) is 3. The van der Waals surface area contributed by atoms with E-state index in [0.717, 1.165) is 5.69 Å². The van der Waals surface area contributed by atoms with E-state index in [1.54, 1.807) is 0 Å². The highest BCUT2D eigenvalue weighted by Gasteiger charge is 2.04. The largest absolute Gasteiger partial charge is 0.493 e. The fourth-order valence-electron chi connectivity index (χ4n) is 1.17. The summed E-state index contributed by atoms with van der Waals surface area (Å²) < 4.78 is 1.19. The van der Waals surface area contributed by atoms with Crippen molar-refractivity contribution in [3.63, 3.8) is 0 Å². The number of aromatic nitrogens is 1. The van der Waals surface area contributed by atoms with E-state index in [-0.39, 0.29) is 11.8 Å².